The molecule has 0 aliphatic rings. The third-order valence-corrected chi connectivity index (χ3v) is 6.13. The zero-order valence-electron chi connectivity index (χ0n) is 19.6. The maximum absolute atomic E-state index is 13.2. The molecule has 2 aromatic carbocycles. The Kier molecular flexibility index (Phi) is 7.35. The highest BCUT2D eigenvalue weighted by atomic mass is 32.2. The molecule has 0 bridgehead atoms. The minimum Gasteiger partial charge on any atom is -0.497 e. The first-order chi connectivity index (χ1) is 16.9. The van der Waals surface area contributed by atoms with Crippen molar-refractivity contribution in [1.82, 2.24) is 24.5 Å². The molecule has 0 spiro atoms. The van der Waals surface area contributed by atoms with Crippen molar-refractivity contribution in [2.24, 2.45) is 0 Å². The minimum absolute atomic E-state index is 0.0102. The Bertz CT molecular complexity index is 1430. The molecule has 2 heterocycles. The average molecular weight is 495 g/mol. The largest absolute Gasteiger partial charge is 0.497 e. The van der Waals surface area contributed by atoms with Gasteiger partial charge in [0.25, 0.3) is 5.56 Å². The van der Waals surface area contributed by atoms with Gasteiger partial charge >= 0.3 is 0 Å². The van der Waals surface area contributed by atoms with Gasteiger partial charge in [-0.05, 0) is 50.2 Å². The van der Waals surface area contributed by atoms with Crippen LogP contribution in [0.2, 0.25) is 0 Å². The first kappa shape index (κ1) is 24.3. The van der Waals surface area contributed by atoms with Crippen LogP contribution < -0.4 is 20.9 Å². The molecule has 2 amide bonds. The maximum Gasteiger partial charge on any atom is 0.262 e. The van der Waals surface area contributed by atoms with Gasteiger partial charge in [0, 0.05) is 24.7 Å². The van der Waals surface area contributed by atoms with E-state index in [1.54, 1.807) is 47.9 Å². The summed E-state index contributed by atoms with van der Waals surface area (Å²) in [4.78, 5) is 37.9. The summed E-state index contributed by atoms with van der Waals surface area (Å²) in [5.41, 5.74) is 1.05. The fourth-order valence-corrected chi connectivity index (χ4v) is 4.38. The summed E-state index contributed by atoms with van der Waals surface area (Å²) in [6.07, 6.45) is 0.131. The van der Waals surface area contributed by atoms with E-state index in [2.05, 4.69) is 20.8 Å². The highest BCUT2D eigenvalue weighted by molar-refractivity contribution is 7.99. The number of amides is 2. The predicted octanol–water partition coefficient (Wildman–Crippen LogP) is 2.70. The number of nitrogens with one attached hydrogen (secondary N) is 2. The summed E-state index contributed by atoms with van der Waals surface area (Å²) in [7, 11) is 1.58. The number of para-hydroxylation sites is 1. The molecule has 0 aliphatic heterocycles. The van der Waals surface area contributed by atoms with Gasteiger partial charge in [-0.25, -0.2) is 0 Å². The standard InChI is InChI=1S/C24H26N6O4S/c1-15(2)25-20(31)12-13-29-22(33)18-6-4-5-7-19(18)30-23(29)27-28-24(30)35-14-21(32)26-16-8-10-17(34-3)11-9-16/h4-11,15H,12-14H2,1-3H3,(H,25,31)(H,26,32). The minimum atomic E-state index is -0.244. The Morgan fingerprint density at radius 2 is 1.80 bits per heavy atom. The van der Waals surface area contributed by atoms with Crippen molar-refractivity contribution in [2.45, 2.75) is 38.0 Å². The normalized spacial score (nSPS) is 11.2. The fourth-order valence-electron chi connectivity index (χ4n) is 3.64. The van der Waals surface area contributed by atoms with Gasteiger partial charge in [0.1, 0.15) is 5.75 Å². The number of methoxy groups -OCH3 is 1. The van der Waals surface area contributed by atoms with Crippen LogP contribution in [0.4, 0.5) is 5.69 Å². The Balaban J connectivity index is 1.59. The molecule has 4 aromatic rings. The number of carbonyl (C=O) groups excluding carboxylic acids is 2. The third kappa shape index (κ3) is 5.46. The summed E-state index contributed by atoms with van der Waals surface area (Å²) in [5.74, 6) is 0.760. The number of rotatable bonds is 9. The molecular formula is C24H26N6O4S. The van der Waals surface area contributed by atoms with Crippen molar-refractivity contribution < 1.29 is 14.3 Å². The van der Waals surface area contributed by atoms with Crippen molar-refractivity contribution >= 4 is 45.9 Å². The number of ether oxygens (including phenoxy) is 1. The van der Waals surface area contributed by atoms with Crippen LogP contribution in [0.3, 0.4) is 0 Å². The number of carbonyl (C=O) groups is 2. The Morgan fingerprint density at radius 1 is 1.06 bits per heavy atom. The zero-order valence-corrected chi connectivity index (χ0v) is 20.5. The molecule has 0 fully saturated rings. The Morgan fingerprint density at radius 3 is 2.51 bits per heavy atom. The van der Waals surface area contributed by atoms with Gasteiger partial charge in [-0.15, -0.1) is 10.2 Å². The SMILES string of the molecule is COc1ccc(NC(=O)CSc2nnc3n(CCC(=O)NC(C)C)c(=O)c4ccccc4n23)cc1. The lowest BCUT2D eigenvalue weighted by Gasteiger charge is -2.12. The summed E-state index contributed by atoms with van der Waals surface area (Å²) in [5, 5.41) is 15.1. The zero-order chi connectivity index (χ0) is 24.9. The van der Waals surface area contributed by atoms with E-state index in [1.807, 2.05) is 26.0 Å². The van der Waals surface area contributed by atoms with Gasteiger partial charge in [0.05, 0.1) is 23.8 Å². The van der Waals surface area contributed by atoms with Crippen molar-refractivity contribution in [3.05, 3.63) is 58.9 Å². The summed E-state index contributed by atoms with van der Waals surface area (Å²) in [6.45, 7) is 3.92. The molecule has 11 heteroatoms. The van der Waals surface area contributed by atoms with Gasteiger partial charge in [0.2, 0.25) is 17.6 Å². The quantitative estimate of drug-likeness (QED) is 0.343. The molecule has 0 atom stereocenters. The van der Waals surface area contributed by atoms with Crippen molar-refractivity contribution in [3.63, 3.8) is 0 Å². The van der Waals surface area contributed by atoms with Crippen molar-refractivity contribution in [2.75, 3.05) is 18.2 Å². The van der Waals surface area contributed by atoms with Gasteiger partial charge < -0.3 is 15.4 Å². The third-order valence-electron chi connectivity index (χ3n) is 5.20. The predicted molar refractivity (Wildman–Crippen MR) is 135 cm³/mol. The topological polar surface area (TPSA) is 120 Å². The van der Waals surface area contributed by atoms with Gasteiger partial charge in [-0.1, -0.05) is 23.9 Å². The highest BCUT2D eigenvalue weighted by Crippen LogP contribution is 2.22. The van der Waals surface area contributed by atoms with Crippen LogP contribution in [-0.4, -0.2) is 49.9 Å². The molecule has 35 heavy (non-hydrogen) atoms. The second-order valence-corrected chi connectivity index (χ2v) is 9.07. The molecule has 0 saturated heterocycles. The molecule has 0 unspecified atom stereocenters. The number of thioether (sulfide) groups is 1. The van der Waals surface area contributed by atoms with Crippen LogP contribution >= 0.6 is 11.8 Å². The van der Waals surface area contributed by atoms with Gasteiger partial charge in [0.15, 0.2) is 5.16 Å². The summed E-state index contributed by atoms with van der Waals surface area (Å²) >= 11 is 1.21. The van der Waals surface area contributed by atoms with Crippen molar-refractivity contribution in [1.29, 1.82) is 0 Å². The maximum atomic E-state index is 13.2. The number of hydrogen-bond donors (Lipinski definition) is 2. The van der Waals surface area contributed by atoms with Crippen LogP contribution in [-0.2, 0) is 16.1 Å². The smallest absolute Gasteiger partial charge is 0.262 e. The highest BCUT2D eigenvalue weighted by Gasteiger charge is 2.18. The first-order valence-corrected chi connectivity index (χ1v) is 12.1. The molecule has 2 N–H and O–H groups in total. The fraction of sp³-hybridized carbons (Fsp3) is 0.292. The number of nitrogens with zero attached hydrogens (tertiary/aromatic N) is 4. The lowest BCUT2D eigenvalue weighted by atomic mass is 10.2. The second kappa shape index (κ2) is 10.6. The number of hydrogen-bond acceptors (Lipinski definition) is 7. The number of fused-ring (bicyclic) bond motifs is 3. The molecule has 182 valence electrons. The van der Waals surface area contributed by atoms with E-state index in [9.17, 15) is 14.4 Å². The first-order valence-electron chi connectivity index (χ1n) is 11.1. The van der Waals surface area contributed by atoms with E-state index in [0.717, 1.165) is 0 Å². The van der Waals surface area contributed by atoms with E-state index >= 15 is 0 Å². The van der Waals surface area contributed by atoms with E-state index in [0.29, 0.717) is 33.3 Å². The van der Waals surface area contributed by atoms with Crippen LogP contribution in [0, 0.1) is 0 Å². The number of aromatic nitrogens is 4. The molecule has 2 aromatic heterocycles. The van der Waals surface area contributed by atoms with Crippen molar-refractivity contribution in [3.8, 4) is 5.75 Å². The van der Waals surface area contributed by atoms with Crippen LogP contribution in [0.25, 0.3) is 16.7 Å². The van der Waals surface area contributed by atoms with Crippen LogP contribution in [0.5, 0.6) is 5.75 Å². The van der Waals surface area contributed by atoms with Gasteiger partial charge in [-0.2, -0.15) is 0 Å². The lowest BCUT2D eigenvalue weighted by Crippen LogP contribution is -2.32. The van der Waals surface area contributed by atoms with E-state index in [-0.39, 0.29) is 42.1 Å². The van der Waals surface area contributed by atoms with E-state index in [1.165, 1.54) is 16.3 Å². The molecule has 0 aliphatic carbocycles. The molecule has 10 nitrogen and oxygen atoms in total. The number of benzene rings is 2. The lowest BCUT2D eigenvalue weighted by molar-refractivity contribution is -0.121. The van der Waals surface area contributed by atoms with Gasteiger partial charge in [-0.3, -0.25) is 23.4 Å². The van der Waals surface area contributed by atoms with E-state index < -0.39 is 0 Å². The van der Waals surface area contributed by atoms with E-state index in [4.69, 9.17) is 4.74 Å². The number of anilines is 1. The molecule has 4 rings (SSSR count). The molecular weight excluding hydrogens is 468 g/mol. The summed E-state index contributed by atoms with van der Waals surface area (Å²) < 4.78 is 8.34. The second-order valence-electron chi connectivity index (χ2n) is 8.13. The Hall–Kier alpha value is -3.86. The number of aryl methyl sites for hydroxylation is 1. The van der Waals surface area contributed by atoms with Crippen LogP contribution in [0.15, 0.2) is 58.5 Å². The molecule has 0 saturated carbocycles. The average Bonchev–Trinajstić information content (AvgIpc) is 3.26. The molecule has 0 radical (unpaired) electrons. The summed E-state index contributed by atoms with van der Waals surface area (Å²) in [6, 6.07) is 14.2. The van der Waals surface area contributed by atoms with Crippen LogP contribution in [0.1, 0.15) is 20.3 Å². The monoisotopic (exact) mass is 494 g/mol. The Labute approximate surface area is 205 Å².